The highest BCUT2D eigenvalue weighted by molar-refractivity contribution is 7.86. The Morgan fingerprint density at radius 3 is 2.17 bits per heavy atom. The van der Waals surface area contributed by atoms with Crippen LogP contribution in [0.1, 0.15) is 49.8 Å². The van der Waals surface area contributed by atoms with Crippen molar-refractivity contribution in [3.63, 3.8) is 0 Å². The second kappa shape index (κ2) is 9.57. The normalized spacial score (nSPS) is 14.0. The number of aryl methyl sites for hydroxylation is 1. The number of benzene rings is 2. The number of aliphatic hydroxyl groups is 1. The van der Waals surface area contributed by atoms with Gasteiger partial charge in [0.25, 0.3) is 10.1 Å². The van der Waals surface area contributed by atoms with Gasteiger partial charge in [-0.2, -0.15) is 13.7 Å². The van der Waals surface area contributed by atoms with Crippen LogP contribution in [0.25, 0.3) is 0 Å². The summed E-state index contributed by atoms with van der Waals surface area (Å²) in [6.07, 6.45) is 2.89. The fraction of sp³-hybridized carbons (Fsp3) is 0.375. The lowest BCUT2D eigenvalue weighted by Crippen LogP contribution is -2.23. The molecule has 0 saturated heterocycles. The van der Waals surface area contributed by atoms with Gasteiger partial charge in [-0.1, -0.05) is 54.6 Å². The maximum Gasteiger partial charge on any atom is 0.296 e. The number of nitriles is 1. The summed E-state index contributed by atoms with van der Waals surface area (Å²) in [6.45, 7) is 9.36. The highest BCUT2D eigenvalue weighted by atomic mass is 32.2. The molecule has 0 saturated carbocycles. The van der Waals surface area contributed by atoms with Crippen LogP contribution in [0.2, 0.25) is 0 Å². The van der Waals surface area contributed by atoms with Gasteiger partial charge in [-0.25, -0.2) is 0 Å². The van der Waals surface area contributed by atoms with Gasteiger partial charge in [0.1, 0.15) is 5.60 Å². The molecular formula is C24H29NO4S. The van der Waals surface area contributed by atoms with E-state index in [1.165, 1.54) is 18.2 Å². The van der Waals surface area contributed by atoms with Gasteiger partial charge in [0.15, 0.2) is 0 Å². The molecule has 160 valence electrons. The molecule has 0 amide bonds. The first kappa shape index (κ1) is 23.8. The van der Waals surface area contributed by atoms with Gasteiger partial charge in [0.2, 0.25) is 0 Å². The topological polar surface area (TPSA) is 87.4 Å². The first-order valence-corrected chi connectivity index (χ1v) is 11.3. The van der Waals surface area contributed by atoms with E-state index in [0.717, 1.165) is 11.1 Å². The molecule has 2 rings (SSSR count). The molecule has 0 fully saturated rings. The van der Waals surface area contributed by atoms with Crippen LogP contribution >= 0.6 is 0 Å². The van der Waals surface area contributed by atoms with Crippen LogP contribution in [0.3, 0.4) is 0 Å². The van der Waals surface area contributed by atoms with Gasteiger partial charge >= 0.3 is 0 Å². The molecule has 6 heteroatoms. The fourth-order valence-electron chi connectivity index (χ4n) is 3.04. The lowest BCUT2D eigenvalue weighted by atomic mass is 9.83. The number of hydrogen-bond donors (Lipinski definition) is 1. The molecule has 0 bridgehead atoms. The summed E-state index contributed by atoms with van der Waals surface area (Å²) in [6, 6.07) is 16.0. The van der Waals surface area contributed by atoms with Crippen molar-refractivity contribution in [3.05, 3.63) is 77.9 Å². The molecule has 1 unspecified atom stereocenters. The summed E-state index contributed by atoms with van der Waals surface area (Å²) in [5.74, 6) is 0. The Kier molecular flexibility index (Phi) is 7.59. The quantitative estimate of drug-likeness (QED) is 0.336. The minimum atomic E-state index is -3.78. The van der Waals surface area contributed by atoms with Crippen molar-refractivity contribution >= 4 is 10.1 Å². The van der Waals surface area contributed by atoms with E-state index in [1.807, 2.05) is 32.9 Å². The highest BCUT2D eigenvalue weighted by Gasteiger charge is 2.26. The summed E-state index contributed by atoms with van der Waals surface area (Å²) in [4.78, 5) is 0.135. The van der Waals surface area contributed by atoms with Crippen molar-refractivity contribution in [2.24, 2.45) is 0 Å². The lowest BCUT2D eigenvalue weighted by molar-refractivity contribution is 0.0756. The van der Waals surface area contributed by atoms with E-state index in [0.29, 0.717) is 24.8 Å². The van der Waals surface area contributed by atoms with E-state index in [-0.39, 0.29) is 11.5 Å². The summed E-state index contributed by atoms with van der Waals surface area (Å²) in [7, 11) is -3.78. The van der Waals surface area contributed by atoms with Crippen LogP contribution in [0, 0.1) is 18.3 Å². The number of unbranched alkanes of at least 4 members (excludes halogenated alkanes) is 1. The molecule has 30 heavy (non-hydrogen) atoms. The first-order chi connectivity index (χ1) is 14.0. The second-order valence-electron chi connectivity index (χ2n) is 7.99. The van der Waals surface area contributed by atoms with Gasteiger partial charge in [0.05, 0.1) is 23.0 Å². The van der Waals surface area contributed by atoms with Gasteiger partial charge in [0, 0.05) is 0 Å². The molecule has 0 aliphatic heterocycles. The van der Waals surface area contributed by atoms with E-state index in [1.54, 1.807) is 24.3 Å². The molecule has 2 aromatic carbocycles. The largest absolute Gasteiger partial charge is 0.381 e. The van der Waals surface area contributed by atoms with Gasteiger partial charge in [-0.3, -0.25) is 4.18 Å². The van der Waals surface area contributed by atoms with Crippen molar-refractivity contribution in [2.45, 2.75) is 55.9 Å². The molecule has 2 aromatic rings. The summed E-state index contributed by atoms with van der Waals surface area (Å²) < 4.78 is 29.5. The number of nitrogens with zero attached hydrogens (tertiary/aromatic N) is 1. The Bertz CT molecular complexity index is 1000. The Hall–Kier alpha value is -2.46. The maximum atomic E-state index is 12.2. The van der Waals surface area contributed by atoms with E-state index in [2.05, 4.69) is 12.6 Å². The second-order valence-corrected chi connectivity index (χ2v) is 9.60. The van der Waals surface area contributed by atoms with Crippen molar-refractivity contribution < 1.29 is 17.7 Å². The van der Waals surface area contributed by atoms with Crippen molar-refractivity contribution in [1.29, 1.82) is 5.26 Å². The molecule has 0 aliphatic rings. The lowest BCUT2D eigenvalue weighted by Gasteiger charge is -2.26. The maximum absolute atomic E-state index is 12.2. The monoisotopic (exact) mass is 427 g/mol. The summed E-state index contributed by atoms with van der Waals surface area (Å²) in [5.41, 5.74) is 0.691. The molecule has 1 N–H and O–H groups in total. The average molecular weight is 428 g/mol. The Morgan fingerprint density at radius 1 is 1.07 bits per heavy atom. The molecule has 0 spiro atoms. The molecule has 0 aromatic heterocycles. The van der Waals surface area contributed by atoms with Crippen LogP contribution in [0.4, 0.5) is 0 Å². The third-order valence-corrected chi connectivity index (χ3v) is 6.55. The first-order valence-electron chi connectivity index (χ1n) is 9.88. The summed E-state index contributed by atoms with van der Waals surface area (Å²) in [5, 5.41) is 20.2. The average Bonchev–Trinajstić information content (AvgIpc) is 2.73. The van der Waals surface area contributed by atoms with E-state index in [9.17, 15) is 18.8 Å². The third kappa shape index (κ3) is 5.79. The molecular weight excluding hydrogens is 398 g/mol. The van der Waals surface area contributed by atoms with Gasteiger partial charge < -0.3 is 5.11 Å². The molecule has 0 radical (unpaired) electrons. The molecule has 5 nitrogen and oxygen atoms in total. The summed E-state index contributed by atoms with van der Waals surface area (Å²) >= 11 is 0. The van der Waals surface area contributed by atoms with Crippen LogP contribution in [0.5, 0.6) is 0 Å². The van der Waals surface area contributed by atoms with Gasteiger partial charge in [-0.15, -0.1) is 0 Å². The van der Waals surface area contributed by atoms with Crippen molar-refractivity contribution in [1.82, 2.24) is 0 Å². The minimum absolute atomic E-state index is 0.0404. The van der Waals surface area contributed by atoms with Crippen LogP contribution in [-0.2, 0) is 25.3 Å². The molecule has 1 atom stereocenters. The van der Waals surface area contributed by atoms with Crippen LogP contribution < -0.4 is 0 Å². The predicted molar refractivity (Wildman–Crippen MR) is 117 cm³/mol. The number of rotatable bonds is 10. The number of hydrogen-bond acceptors (Lipinski definition) is 5. The zero-order chi connectivity index (χ0) is 22.4. The van der Waals surface area contributed by atoms with E-state index >= 15 is 0 Å². The SMILES string of the molecule is C=CC(O)(CCCCOS(=O)(=O)c1ccc(C)cc1)c1ccc(C(C)(C)C#N)cc1. The van der Waals surface area contributed by atoms with Crippen molar-refractivity contribution in [2.75, 3.05) is 6.61 Å². The Labute approximate surface area is 179 Å². The van der Waals surface area contributed by atoms with Crippen LogP contribution in [0.15, 0.2) is 66.1 Å². The molecule has 0 heterocycles. The minimum Gasteiger partial charge on any atom is -0.381 e. The van der Waals surface area contributed by atoms with Crippen LogP contribution in [-0.4, -0.2) is 20.1 Å². The third-order valence-electron chi connectivity index (χ3n) is 5.22. The van der Waals surface area contributed by atoms with Gasteiger partial charge in [-0.05, 0) is 63.3 Å². The standard InChI is InChI=1S/C24H29NO4S/c1-5-24(26,21-12-10-20(11-13-21)23(3,4)18-25)16-6-7-17-29-30(27,28)22-14-8-19(2)9-15-22/h5,8-15,26H,1,6-7,16-17H2,2-4H3. The Morgan fingerprint density at radius 2 is 1.63 bits per heavy atom. The predicted octanol–water partition coefficient (Wildman–Crippen LogP) is 4.75. The smallest absolute Gasteiger partial charge is 0.296 e. The Balaban J connectivity index is 1.93. The van der Waals surface area contributed by atoms with Crippen molar-refractivity contribution in [3.8, 4) is 6.07 Å². The van der Waals surface area contributed by atoms with E-state index in [4.69, 9.17) is 4.18 Å². The zero-order valence-corrected chi connectivity index (χ0v) is 18.6. The highest BCUT2D eigenvalue weighted by Crippen LogP contribution is 2.31. The zero-order valence-electron chi connectivity index (χ0n) is 17.8. The fourth-order valence-corrected chi connectivity index (χ4v) is 3.99. The molecule has 0 aliphatic carbocycles. The van der Waals surface area contributed by atoms with E-state index < -0.39 is 21.1 Å².